The molecule has 0 aliphatic rings. The van der Waals surface area contributed by atoms with Gasteiger partial charge in [-0.3, -0.25) is 15.2 Å². The summed E-state index contributed by atoms with van der Waals surface area (Å²) in [5, 5.41) is 5.72. The van der Waals surface area contributed by atoms with E-state index in [-0.39, 0.29) is 12.5 Å². The molecule has 0 fully saturated rings. The minimum atomic E-state index is -0.208. The quantitative estimate of drug-likeness (QED) is 0.520. The first kappa shape index (κ1) is 16.8. The average Bonchev–Trinajstić information content (AvgIpc) is 3.26. The summed E-state index contributed by atoms with van der Waals surface area (Å²) < 4.78 is 8.02. The van der Waals surface area contributed by atoms with Crippen LogP contribution in [0.5, 0.6) is 5.75 Å². The van der Waals surface area contributed by atoms with Crippen molar-refractivity contribution in [1.29, 1.82) is 0 Å². The van der Waals surface area contributed by atoms with E-state index < -0.39 is 0 Å². The minimum absolute atomic E-state index is 0.0502. The topological polar surface area (TPSA) is 54.5 Å². The summed E-state index contributed by atoms with van der Waals surface area (Å²) in [6.07, 6.45) is 0. The van der Waals surface area contributed by atoms with E-state index in [0.717, 1.165) is 36.7 Å². The van der Waals surface area contributed by atoms with Crippen molar-refractivity contribution in [2.75, 3.05) is 18.7 Å². The number of amides is 1. The molecule has 2 heterocycles. The van der Waals surface area contributed by atoms with E-state index in [2.05, 4.69) is 10.4 Å². The van der Waals surface area contributed by atoms with Crippen molar-refractivity contribution >= 4 is 54.6 Å². The van der Waals surface area contributed by atoms with Crippen molar-refractivity contribution in [1.82, 2.24) is 10.4 Å². The molecule has 4 aromatic rings. The lowest BCUT2D eigenvalue weighted by atomic mass is 10.2. The minimum Gasteiger partial charge on any atom is -0.483 e. The number of anilines is 1. The highest BCUT2D eigenvalue weighted by atomic mass is 32.1. The number of nitrogens with one attached hydrogen (secondary N) is 1. The first-order valence-electron chi connectivity index (χ1n) is 8.10. The number of carbonyl (C=O) groups excluding carboxylic acids is 1. The Kier molecular flexibility index (Phi) is 4.48. The number of thiazole rings is 1. The fourth-order valence-corrected chi connectivity index (χ4v) is 4.62. The number of aryl methyl sites for hydroxylation is 1. The van der Waals surface area contributed by atoms with Crippen molar-refractivity contribution in [2.24, 2.45) is 0 Å². The fourth-order valence-electron chi connectivity index (χ4n) is 2.79. The Labute approximate surface area is 158 Å². The van der Waals surface area contributed by atoms with Gasteiger partial charge in [0, 0.05) is 18.5 Å². The number of hydrogen-bond donors (Lipinski definition) is 1. The predicted octanol–water partition coefficient (Wildman–Crippen LogP) is 4.37. The number of rotatable bonds is 5. The lowest BCUT2D eigenvalue weighted by molar-refractivity contribution is -0.123. The van der Waals surface area contributed by atoms with Crippen LogP contribution in [-0.4, -0.2) is 24.5 Å². The van der Waals surface area contributed by atoms with Crippen molar-refractivity contribution in [3.8, 4) is 5.75 Å². The summed E-state index contributed by atoms with van der Waals surface area (Å²) in [7, 11) is 1.80. The van der Waals surface area contributed by atoms with E-state index in [1.54, 1.807) is 34.7 Å². The Morgan fingerprint density at radius 1 is 1.27 bits per heavy atom. The molecular formula is C19H17N3O2S2. The molecule has 4 rings (SSSR count). The largest absolute Gasteiger partial charge is 0.483 e. The van der Waals surface area contributed by atoms with Crippen LogP contribution >= 0.6 is 22.7 Å². The summed E-state index contributed by atoms with van der Waals surface area (Å²) in [5.74, 6) is 0.509. The Morgan fingerprint density at radius 2 is 2.08 bits per heavy atom. The van der Waals surface area contributed by atoms with E-state index in [1.165, 1.54) is 0 Å². The van der Waals surface area contributed by atoms with Gasteiger partial charge in [0.15, 0.2) is 6.61 Å². The fraction of sp³-hybridized carbons (Fsp3) is 0.158. The number of hydrazine groups is 1. The Balaban J connectivity index is 1.50. The van der Waals surface area contributed by atoms with Gasteiger partial charge in [-0.25, -0.2) is 4.98 Å². The lowest BCUT2D eigenvalue weighted by Crippen LogP contribution is -2.41. The van der Waals surface area contributed by atoms with Crippen LogP contribution in [0.15, 0.2) is 47.8 Å². The third-order valence-electron chi connectivity index (χ3n) is 3.96. The number of aromatic nitrogens is 1. The first-order chi connectivity index (χ1) is 12.6. The van der Waals surface area contributed by atoms with E-state index in [0.29, 0.717) is 0 Å². The molecule has 0 unspecified atom stereocenters. The number of nitrogens with zero attached hydrogens (tertiary/aromatic N) is 2. The van der Waals surface area contributed by atoms with E-state index >= 15 is 0 Å². The van der Waals surface area contributed by atoms with Crippen LogP contribution in [0.2, 0.25) is 0 Å². The first-order valence-corrected chi connectivity index (χ1v) is 9.80. The molecule has 2 aromatic carbocycles. The molecule has 132 valence electrons. The monoisotopic (exact) mass is 383 g/mol. The Morgan fingerprint density at radius 3 is 2.88 bits per heavy atom. The van der Waals surface area contributed by atoms with Gasteiger partial charge in [-0.2, -0.15) is 0 Å². The van der Waals surface area contributed by atoms with E-state index in [9.17, 15) is 4.79 Å². The number of para-hydroxylation sites is 1. The summed E-state index contributed by atoms with van der Waals surface area (Å²) >= 11 is 3.28. The molecule has 0 bridgehead atoms. The van der Waals surface area contributed by atoms with Gasteiger partial charge in [0.1, 0.15) is 5.75 Å². The lowest BCUT2D eigenvalue weighted by Gasteiger charge is -2.20. The van der Waals surface area contributed by atoms with Crippen LogP contribution in [0.4, 0.5) is 5.69 Å². The Bertz CT molecular complexity index is 1070. The average molecular weight is 383 g/mol. The molecule has 5 nitrogen and oxygen atoms in total. The smallest absolute Gasteiger partial charge is 0.276 e. The van der Waals surface area contributed by atoms with Gasteiger partial charge < -0.3 is 4.74 Å². The van der Waals surface area contributed by atoms with Gasteiger partial charge in [0.2, 0.25) is 0 Å². The molecule has 0 aliphatic carbocycles. The molecule has 0 aliphatic heterocycles. The number of hydrogen-bond acceptors (Lipinski definition) is 6. The second kappa shape index (κ2) is 6.93. The van der Waals surface area contributed by atoms with Crippen molar-refractivity contribution in [2.45, 2.75) is 6.92 Å². The van der Waals surface area contributed by atoms with Gasteiger partial charge in [-0.1, -0.05) is 18.2 Å². The SMILES string of the molecule is Cc1nc2c(cc(OCC(=O)NN(C)c3ccccc3)c3ccsc32)s1. The molecule has 26 heavy (non-hydrogen) atoms. The van der Waals surface area contributed by atoms with Gasteiger partial charge in [0.05, 0.1) is 25.6 Å². The zero-order valence-corrected chi connectivity index (χ0v) is 16.0. The number of benzene rings is 2. The standard InChI is InChI=1S/C19H17N3O2S2/c1-12-20-18-16(26-12)10-15(14-8-9-25-19(14)18)24-11-17(23)21-22(2)13-6-4-3-5-7-13/h3-10H,11H2,1-2H3,(H,21,23). The maximum Gasteiger partial charge on any atom is 0.276 e. The van der Waals surface area contributed by atoms with Crippen LogP contribution in [-0.2, 0) is 4.79 Å². The summed E-state index contributed by atoms with van der Waals surface area (Å²) in [6.45, 7) is 1.95. The zero-order chi connectivity index (χ0) is 18.1. The van der Waals surface area contributed by atoms with Crippen molar-refractivity contribution in [3.05, 3.63) is 52.9 Å². The van der Waals surface area contributed by atoms with Crippen LogP contribution in [0.25, 0.3) is 20.3 Å². The van der Waals surface area contributed by atoms with Crippen LogP contribution in [0.3, 0.4) is 0 Å². The van der Waals surface area contributed by atoms with Gasteiger partial charge in [0.25, 0.3) is 5.91 Å². The van der Waals surface area contributed by atoms with Crippen LogP contribution in [0, 0.1) is 6.92 Å². The third kappa shape index (κ3) is 3.23. The molecule has 1 N–H and O–H groups in total. The Hall–Kier alpha value is -2.64. The zero-order valence-electron chi connectivity index (χ0n) is 14.4. The molecule has 0 saturated carbocycles. The van der Waals surface area contributed by atoms with E-state index in [1.807, 2.05) is 54.8 Å². The molecular weight excluding hydrogens is 366 g/mol. The molecule has 2 aromatic heterocycles. The maximum absolute atomic E-state index is 12.3. The summed E-state index contributed by atoms with van der Waals surface area (Å²) in [5.41, 5.74) is 4.73. The van der Waals surface area contributed by atoms with Crippen LogP contribution < -0.4 is 15.2 Å². The van der Waals surface area contributed by atoms with Gasteiger partial charge in [-0.15, -0.1) is 22.7 Å². The predicted molar refractivity (Wildman–Crippen MR) is 108 cm³/mol. The summed E-state index contributed by atoms with van der Waals surface area (Å²) in [4.78, 5) is 16.9. The normalized spacial score (nSPS) is 11.0. The molecule has 0 radical (unpaired) electrons. The maximum atomic E-state index is 12.3. The van der Waals surface area contributed by atoms with Gasteiger partial charge >= 0.3 is 0 Å². The molecule has 0 saturated heterocycles. The number of fused-ring (bicyclic) bond motifs is 3. The highest BCUT2D eigenvalue weighted by Crippen LogP contribution is 2.38. The third-order valence-corrected chi connectivity index (χ3v) is 5.80. The van der Waals surface area contributed by atoms with Gasteiger partial charge in [-0.05, 0) is 30.5 Å². The van der Waals surface area contributed by atoms with Crippen LogP contribution in [0.1, 0.15) is 5.01 Å². The second-order valence-electron chi connectivity index (χ2n) is 5.84. The number of thiophene rings is 1. The summed E-state index contributed by atoms with van der Waals surface area (Å²) in [6, 6.07) is 13.6. The van der Waals surface area contributed by atoms with Crippen molar-refractivity contribution < 1.29 is 9.53 Å². The second-order valence-corrected chi connectivity index (χ2v) is 7.99. The molecule has 1 amide bonds. The highest BCUT2D eigenvalue weighted by Gasteiger charge is 2.14. The molecule has 7 heteroatoms. The highest BCUT2D eigenvalue weighted by molar-refractivity contribution is 7.21. The number of carbonyl (C=O) groups is 1. The molecule has 0 atom stereocenters. The van der Waals surface area contributed by atoms with E-state index in [4.69, 9.17) is 4.74 Å². The van der Waals surface area contributed by atoms with Crippen molar-refractivity contribution in [3.63, 3.8) is 0 Å². The molecule has 0 spiro atoms. The number of ether oxygens (including phenoxy) is 1.